The van der Waals surface area contributed by atoms with Gasteiger partial charge in [-0.3, -0.25) is 14.5 Å². The topological polar surface area (TPSA) is 71.5 Å². The average Bonchev–Trinajstić information content (AvgIpc) is 3.06. The van der Waals surface area contributed by atoms with Crippen LogP contribution in [-0.4, -0.2) is 29.4 Å². The number of amides is 2. The first kappa shape index (κ1) is 21.3. The summed E-state index contributed by atoms with van der Waals surface area (Å²) in [6, 6.07) is 10.9. The van der Waals surface area contributed by atoms with Gasteiger partial charge in [-0.05, 0) is 63.6 Å². The Morgan fingerprint density at radius 3 is 2.68 bits per heavy atom. The molecule has 6 nitrogen and oxygen atoms in total. The minimum Gasteiger partial charge on any atom is -0.479 e. The normalized spacial score (nSPS) is 15.5. The number of anilines is 2. The lowest BCUT2D eigenvalue weighted by atomic mass is 10.1. The van der Waals surface area contributed by atoms with Gasteiger partial charge in [-0.1, -0.05) is 17.7 Å². The fourth-order valence-corrected chi connectivity index (χ4v) is 4.55. The number of hydrogen-bond acceptors (Lipinski definition) is 5. The number of benzene rings is 2. The fraction of sp³-hybridized carbons (Fsp3) is 0.261. The van der Waals surface area contributed by atoms with Crippen LogP contribution in [0.25, 0.3) is 11.3 Å². The van der Waals surface area contributed by atoms with Gasteiger partial charge in [0.25, 0.3) is 5.91 Å². The number of carbonyl (C=O) groups excluding carboxylic acids is 2. The number of nitrogens with one attached hydrogen (secondary N) is 1. The van der Waals surface area contributed by atoms with E-state index in [1.807, 2.05) is 45.0 Å². The molecule has 0 spiro atoms. The van der Waals surface area contributed by atoms with Crippen LogP contribution >= 0.6 is 22.9 Å². The van der Waals surface area contributed by atoms with Crippen LogP contribution in [0, 0.1) is 20.8 Å². The van der Waals surface area contributed by atoms with Crippen LogP contribution in [-0.2, 0) is 9.59 Å². The maximum atomic E-state index is 12.9. The molecular weight excluding hydrogens is 434 g/mol. The number of ether oxygens (including phenoxy) is 1. The number of fused-ring (bicyclic) bond motifs is 1. The molecule has 1 N–H and O–H groups in total. The lowest BCUT2D eigenvalue weighted by molar-refractivity contribution is -0.127. The first-order valence-corrected chi connectivity index (χ1v) is 11.0. The summed E-state index contributed by atoms with van der Waals surface area (Å²) in [6.45, 7) is 7.41. The van der Waals surface area contributed by atoms with E-state index in [0.717, 1.165) is 26.7 Å². The number of aromatic nitrogens is 1. The molecule has 0 saturated heterocycles. The van der Waals surface area contributed by atoms with Crippen LogP contribution in [0.1, 0.15) is 22.4 Å². The lowest BCUT2D eigenvalue weighted by Crippen LogP contribution is -2.47. The molecule has 160 valence electrons. The van der Waals surface area contributed by atoms with Crippen LogP contribution in [0.4, 0.5) is 11.4 Å². The van der Waals surface area contributed by atoms with Crippen LogP contribution < -0.4 is 15.0 Å². The molecule has 1 aliphatic heterocycles. The molecular formula is C23H22ClN3O3S. The third-order valence-electron chi connectivity index (χ3n) is 5.10. The van der Waals surface area contributed by atoms with Gasteiger partial charge in [0, 0.05) is 21.2 Å². The zero-order chi connectivity index (χ0) is 22.3. The van der Waals surface area contributed by atoms with Gasteiger partial charge >= 0.3 is 0 Å². The summed E-state index contributed by atoms with van der Waals surface area (Å²) >= 11 is 7.77. The first-order valence-electron chi connectivity index (χ1n) is 9.85. The highest BCUT2D eigenvalue weighted by atomic mass is 35.5. The van der Waals surface area contributed by atoms with E-state index in [1.165, 1.54) is 4.90 Å². The smallest absolute Gasteiger partial charge is 0.268 e. The number of nitrogens with zero attached hydrogens (tertiary/aromatic N) is 2. The molecule has 0 aliphatic carbocycles. The molecule has 4 rings (SSSR count). The Hall–Kier alpha value is -2.90. The summed E-state index contributed by atoms with van der Waals surface area (Å²) in [5.41, 5.74) is 3.81. The second-order valence-electron chi connectivity index (χ2n) is 7.52. The minimum absolute atomic E-state index is 0.135. The van der Waals surface area contributed by atoms with Crippen molar-refractivity contribution >= 4 is 46.1 Å². The highest BCUT2D eigenvalue weighted by molar-refractivity contribution is 7.11. The van der Waals surface area contributed by atoms with Crippen LogP contribution in [0.2, 0.25) is 5.02 Å². The molecule has 0 radical (unpaired) electrons. The van der Waals surface area contributed by atoms with Crippen molar-refractivity contribution in [1.82, 2.24) is 4.98 Å². The Balaban J connectivity index is 1.63. The van der Waals surface area contributed by atoms with E-state index in [0.29, 0.717) is 22.1 Å². The Bertz CT molecular complexity index is 1190. The Morgan fingerprint density at radius 1 is 1.23 bits per heavy atom. The van der Waals surface area contributed by atoms with Gasteiger partial charge in [-0.25, -0.2) is 4.98 Å². The van der Waals surface area contributed by atoms with Crippen LogP contribution in [0.5, 0.6) is 5.75 Å². The van der Waals surface area contributed by atoms with Crippen molar-refractivity contribution in [3.05, 3.63) is 56.9 Å². The zero-order valence-electron chi connectivity index (χ0n) is 17.7. The van der Waals surface area contributed by atoms with Crippen LogP contribution in [0.15, 0.2) is 36.4 Å². The molecule has 1 atom stereocenters. The summed E-state index contributed by atoms with van der Waals surface area (Å²) in [4.78, 5) is 32.8. The van der Waals surface area contributed by atoms with Gasteiger partial charge in [0.05, 0.1) is 16.4 Å². The van der Waals surface area contributed by atoms with E-state index in [1.54, 1.807) is 30.4 Å². The van der Waals surface area contributed by atoms with Crippen molar-refractivity contribution in [3.8, 4) is 17.0 Å². The maximum Gasteiger partial charge on any atom is 0.268 e. The van der Waals surface area contributed by atoms with Crippen molar-refractivity contribution in [1.29, 1.82) is 0 Å². The zero-order valence-corrected chi connectivity index (χ0v) is 19.2. The van der Waals surface area contributed by atoms with Crippen molar-refractivity contribution in [2.24, 2.45) is 0 Å². The second kappa shape index (κ2) is 8.32. The molecule has 3 aromatic rings. The van der Waals surface area contributed by atoms with Crippen molar-refractivity contribution < 1.29 is 14.3 Å². The van der Waals surface area contributed by atoms with Crippen molar-refractivity contribution in [2.75, 3.05) is 16.8 Å². The predicted molar refractivity (Wildman–Crippen MR) is 124 cm³/mol. The van der Waals surface area contributed by atoms with Crippen molar-refractivity contribution in [2.45, 2.75) is 33.8 Å². The van der Waals surface area contributed by atoms with Crippen LogP contribution in [0.3, 0.4) is 0 Å². The van der Waals surface area contributed by atoms with Gasteiger partial charge in [0.15, 0.2) is 6.10 Å². The molecule has 0 saturated carbocycles. The number of hydrogen-bond donors (Lipinski definition) is 1. The molecule has 0 fully saturated rings. The highest BCUT2D eigenvalue weighted by Crippen LogP contribution is 2.38. The third-order valence-corrected chi connectivity index (χ3v) is 6.39. The van der Waals surface area contributed by atoms with Gasteiger partial charge < -0.3 is 10.1 Å². The standard InChI is InChI=1S/C23H22ClN3O3S/c1-12-5-7-17(10-18(12)24)26-21(28)11-27-19-9-16(22-14(3)31-15(4)25-22)6-8-20(19)30-13(2)23(27)29/h5-10,13H,11H2,1-4H3,(H,26,28). The molecule has 8 heteroatoms. The Labute approximate surface area is 189 Å². The van der Waals surface area contributed by atoms with E-state index in [4.69, 9.17) is 16.3 Å². The number of halogens is 1. The van der Waals surface area contributed by atoms with Gasteiger partial charge in [-0.15, -0.1) is 11.3 Å². The van der Waals surface area contributed by atoms with E-state index >= 15 is 0 Å². The average molecular weight is 456 g/mol. The molecule has 1 aliphatic rings. The number of aryl methyl sites for hydroxylation is 3. The SMILES string of the molecule is Cc1nc(-c2ccc3c(c2)N(CC(=O)Nc2ccc(C)c(Cl)c2)C(=O)C(C)O3)c(C)s1. The number of carbonyl (C=O) groups is 2. The molecule has 2 heterocycles. The third kappa shape index (κ3) is 4.29. The monoisotopic (exact) mass is 455 g/mol. The number of thiazole rings is 1. The lowest BCUT2D eigenvalue weighted by Gasteiger charge is -2.33. The molecule has 2 amide bonds. The van der Waals surface area contributed by atoms with Crippen molar-refractivity contribution in [3.63, 3.8) is 0 Å². The van der Waals surface area contributed by atoms with E-state index in [2.05, 4.69) is 10.3 Å². The summed E-state index contributed by atoms with van der Waals surface area (Å²) < 4.78 is 5.77. The van der Waals surface area contributed by atoms with E-state index in [-0.39, 0.29) is 18.4 Å². The quantitative estimate of drug-likeness (QED) is 0.591. The van der Waals surface area contributed by atoms with Gasteiger partial charge in [0.1, 0.15) is 12.3 Å². The fourth-order valence-electron chi connectivity index (χ4n) is 3.53. The Morgan fingerprint density at radius 2 is 2.00 bits per heavy atom. The van der Waals surface area contributed by atoms with E-state index < -0.39 is 6.10 Å². The largest absolute Gasteiger partial charge is 0.479 e. The molecule has 31 heavy (non-hydrogen) atoms. The number of rotatable bonds is 4. The van der Waals surface area contributed by atoms with Gasteiger partial charge in [0.2, 0.25) is 5.91 Å². The second-order valence-corrected chi connectivity index (χ2v) is 9.33. The minimum atomic E-state index is -0.678. The molecule has 0 bridgehead atoms. The first-order chi connectivity index (χ1) is 14.7. The summed E-state index contributed by atoms with van der Waals surface area (Å²) in [5, 5.41) is 4.35. The summed E-state index contributed by atoms with van der Waals surface area (Å²) in [6.07, 6.45) is -0.678. The highest BCUT2D eigenvalue weighted by Gasteiger charge is 2.33. The summed E-state index contributed by atoms with van der Waals surface area (Å²) in [5.74, 6) is -0.0287. The Kier molecular flexibility index (Phi) is 5.73. The molecule has 1 aromatic heterocycles. The maximum absolute atomic E-state index is 12.9. The molecule has 1 unspecified atom stereocenters. The summed E-state index contributed by atoms with van der Waals surface area (Å²) in [7, 11) is 0. The van der Waals surface area contributed by atoms with E-state index in [9.17, 15) is 9.59 Å². The molecule has 2 aromatic carbocycles. The van der Waals surface area contributed by atoms with Gasteiger partial charge in [-0.2, -0.15) is 0 Å². The predicted octanol–water partition coefficient (Wildman–Crippen LogP) is 5.14.